The quantitative estimate of drug-likeness (QED) is 0.785. The molecule has 1 aromatic carbocycles. The van der Waals surface area contributed by atoms with Crippen molar-refractivity contribution in [1.82, 2.24) is 0 Å². The van der Waals surface area contributed by atoms with Crippen LogP contribution in [-0.2, 0) is 4.74 Å². The molecule has 0 amide bonds. The molecule has 0 aromatic heterocycles. The molecule has 0 bridgehead atoms. The Bertz CT molecular complexity index is 339. The number of carbonyl (C=O) groups is 1. The molecule has 0 heterocycles. The van der Waals surface area contributed by atoms with E-state index >= 15 is 0 Å². The van der Waals surface area contributed by atoms with Gasteiger partial charge in [-0.15, -0.1) is 0 Å². The molecule has 0 unspecified atom stereocenters. The lowest BCUT2D eigenvalue weighted by Gasteiger charge is -2.06. The first-order valence-electron chi connectivity index (χ1n) is 4.33. The lowest BCUT2D eigenvalue weighted by molar-refractivity contribution is 0.0526. The lowest BCUT2D eigenvalue weighted by Crippen LogP contribution is -2.05. The lowest BCUT2D eigenvalue weighted by atomic mass is 10.2. The maximum atomic E-state index is 11.4. The number of rotatable bonds is 3. The number of benzene rings is 1. The Kier molecular flexibility index (Phi) is 3.77. The average molecular weight is 214 g/mol. The van der Waals surface area contributed by atoms with Crippen molar-refractivity contribution in [2.75, 3.05) is 19.0 Å². The predicted molar refractivity (Wildman–Crippen MR) is 57.0 cm³/mol. The van der Waals surface area contributed by atoms with Crippen LogP contribution in [0.15, 0.2) is 18.2 Å². The molecule has 0 atom stereocenters. The summed E-state index contributed by atoms with van der Waals surface area (Å²) in [7, 11) is 1.78. The number of esters is 1. The topological polar surface area (TPSA) is 38.3 Å². The van der Waals surface area contributed by atoms with E-state index in [9.17, 15) is 4.79 Å². The summed E-state index contributed by atoms with van der Waals surface area (Å²) in [5.41, 5.74) is 1.22. The van der Waals surface area contributed by atoms with Gasteiger partial charge in [-0.1, -0.05) is 11.6 Å². The summed E-state index contributed by atoms with van der Waals surface area (Å²) in [5.74, 6) is -0.394. The second kappa shape index (κ2) is 4.86. The van der Waals surface area contributed by atoms with Crippen molar-refractivity contribution >= 4 is 23.3 Å². The molecular formula is C10H12ClNO2. The zero-order valence-electron chi connectivity index (χ0n) is 8.13. The standard InChI is InChI=1S/C10H12ClNO2/c1-3-14-10(13)8-6-7(12-2)4-5-9(8)11/h4-6,12H,3H2,1-2H3. The zero-order valence-corrected chi connectivity index (χ0v) is 8.89. The molecule has 0 saturated heterocycles. The summed E-state index contributed by atoms with van der Waals surface area (Å²) in [5, 5.41) is 3.33. The van der Waals surface area contributed by atoms with Crippen LogP contribution in [0.5, 0.6) is 0 Å². The number of anilines is 1. The molecule has 14 heavy (non-hydrogen) atoms. The van der Waals surface area contributed by atoms with Crippen molar-refractivity contribution in [3.05, 3.63) is 28.8 Å². The van der Waals surface area contributed by atoms with Gasteiger partial charge in [0, 0.05) is 12.7 Å². The van der Waals surface area contributed by atoms with Crippen molar-refractivity contribution in [3.8, 4) is 0 Å². The minimum Gasteiger partial charge on any atom is -0.462 e. The summed E-state index contributed by atoms with van der Waals surface area (Å²) in [6.45, 7) is 2.10. The number of halogens is 1. The average Bonchev–Trinajstić information content (AvgIpc) is 2.19. The molecule has 4 heteroatoms. The van der Waals surface area contributed by atoms with E-state index < -0.39 is 5.97 Å². The van der Waals surface area contributed by atoms with Gasteiger partial charge >= 0.3 is 5.97 Å². The summed E-state index contributed by atoms with van der Waals surface area (Å²) >= 11 is 5.86. The number of carbonyl (C=O) groups excluding carboxylic acids is 1. The molecule has 0 aliphatic carbocycles. The highest BCUT2D eigenvalue weighted by Crippen LogP contribution is 2.20. The van der Waals surface area contributed by atoms with E-state index in [4.69, 9.17) is 16.3 Å². The first-order chi connectivity index (χ1) is 6.69. The van der Waals surface area contributed by atoms with Crippen LogP contribution in [0.25, 0.3) is 0 Å². The van der Waals surface area contributed by atoms with E-state index in [0.29, 0.717) is 17.2 Å². The number of hydrogen-bond donors (Lipinski definition) is 1. The summed E-state index contributed by atoms with van der Waals surface area (Å²) in [4.78, 5) is 11.4. The van der Waals surface area contributed by atoms with Gasteiger partial charge in [0.1, 0.15) is 0 Å². The molecule has 1 rings (SSSR count). The first kappa shape index (κ1) is 10.9. The minimum absolute atomic E-state index is 0.346. The third-order valence-electron chi connectivity index (χ3n) is 1.75. The second-order valence-corrected chi connectivity index (χ2v) is 3.07. The fourth-order valence-corrected chi connectivity index (χ4v) is 1.24. The fourth-order valence-electron chi connectivity index (χ4n) is 1.05. The SMILES string of the molecule is CCOC(=O)c1cc(NC)ccc1Cl. The van der Waals surface area contributed by atoms with Crippen LogP contribution >= 0.6 is 11.6 Å². The molecule has 3 nitrogen and oxygen atoms in total. The maximum absolute atomic E-state index is 11.4. The third-order valence-corrected chi connectivity index (χ3v) is 2.08. The van der Waals surface area contributed by atoms with Gasteiger partial charge in [-0.05, 0) is 25.1 Å². The van der Waals surface area contributed by atoms with E-state index in [-0.39, 0.29) is 0 Å². The highest BCUT2D eigenvalue weighted by atomic mass is 35.5. The smallest absolute Gasteiger partial charge is 0.339 e. The third kappa shape index (κ3) is 2.39. The molecule has 0 radical (unpaired) electrons. The summed E-state index contributed by atoms with van der Waals surface area (Å²) in [6, 6.07) is 5.13. The van der Waals surface area contributed by atoms with Gasteiger partial charge in [0.2, 0.25) is 0 Å². The van der Waals surface area contributed by atoms with E-state index in [1.165, 1.54) is 0 Å². The Morgan fingerprint density at radius 2 is 2.29 bits per heavy atom. The van der Waals surface area contributed by atoms with Crippen LogP contribution in [-0.4, -0.2) is 19.6 Å². The highest BCUT2D eigenvalue weighted by molar-refractivity contribution is 6.33. The zero-order chi connectivity index (χ0) is 10.6. The minimum atomic E-state index is -0.394. The van der Waals surface area contributed by atoms with E-state index in [1.807, 2.05) is 0 Å². The molecule has 0 spiro atoms. The van der Waals surface area contributed by atoms with Crippen LogP contribution in [0, 0.1) is 0 Å². The summed E-state index contributed by atoms with van der Waals surface area (Å²) in [6.07, 6.45) is 0. The van der Waals surface area contributed by atoms with Crippen LogP contribution in [0.4, 0.5) is 5.69 Å². The van der Waals surface area contributed by atoms with Gasteiger partial charge in [-0.2, -0.15) is 0 Å². The second-order valence-electron chi connectivity index (χ2n) is 2.67. The highest BCUT2D eigenvalue weighted by Gasteiger charge is 2.11. The molecular weight excluding hydrogens is 202 g/mol. The summed E-state index contributed by atoms with van der Waals surface area (Å²) < 4.78 is 4.86. The molecule has 0 aliphatic heterocycles. The number of hydrogen-bond acceptors (Lipinski definition) is 3. The Morgan fingerprint density at radius 1 is 1.57 bits per heavy atom. The Balaban J connectivity index is 2.99. The van der Waals surface area contributed by atoms with Gasteiger partial charge in [0.05, 0.1) is 17.2 Å². The Morgan fingerprint density at radius 3 is 2.86 bits per heavy atom. The van der Waals surface area contributed by atoms with Crippen LogP contribution in [0.1, 0.15) is 17.3 Å². The van der Waals surface area contributed by atoms with Gasteiger partial charge in [-0.3, -0.25) is 0 Å². The van der Waals surface area contributed by atoms with Gasteiger partial charge < -0.3 is 10.1 Å². The number of ether oxygens (including phenoxy) is 1. The monoisotopic (exact) mass is 213 g/mol. The number of nitrogens with one attached hydrogen (secondary N) is 1. The molecule has 76 valence electrons. The van der Waals surface area contributed by atoms with Crippen molar-refractivity contribution in [1.29, 1.82) is 0 Å². The molecule has 0 fully saturated rings. The van der Waals surface area contributed by atoms with Crippen molar-refractivity contribution in [2.24, 2.45) is 0 Å². The molecule has 1 aromatic rings. The fraction of sp³-hybridized carbons (Fsp3) is 0.300. The van der Waals surface area contributed by atoms with Gasteiger partial charge in [0.25, 0.3) is 0 Å². The van der Waals surface area contributed by atoms with E-state index in [0.717, 1.165) is 5.69 Å². The molecule has 1 N–H and O–H groups in total. The Hall–Kier alpha value is -1.22. The van der Waals surface area contributed by atoms with Crippen molar-refractivity contribution in [2.45, 2.75) is 6.92 Å². The normalized spacial score (nSPS) is 9.64. The van der Waals surface area contributed by atoms with Crippen LogP contribution < -0.4 is 5.32 Å². The van der Waals surface area contributed by atoms with Crippen molar-refractivity contribution in [3.63, 3.8) is 0 Å². The molecule has 0 aliphatic rings. The largest absolute Gasteiger partial charge is 0.462 e. The van der Waals surface area contributed by atoms with Gasteiger partial charge in [0.15, 0.2) is 0 Å². The van der Waals surface area contributed by atoms with E-state index in [2.05, 4.69) is 5.32 Å². The Labute approximate surface area is 88.0 Å². The van der Waals surface area contributed by atoms with E-state index in [1.54, 1.807) is 32.2 Å². The maximum Gasteiger partial charge on any atom is 0.339 e. The van der Waals surface area contributed by atoms with Crippen molar-refractivity contribution < 1.29 is 9.53 Å². The first-order valence-corrected chi connectivity index (χ1v) is 4.71. The van der Waals surface area contributed by atoms with Crippen LogP contribution in [0.2, 0.25) is 5.02 Å². The van der Waals surface area contributed by atoms with Crippen LogP contribution in [0.3, 0.4) is 0 Å². The van der Waals surface area contributed by atoms with Gasteiger partial charge in [-0.25, -0.2) is 4.79 Å². The molecule has 0 saturated carbocycles. The predicted octanol–water partition coefficient (Wildman–Crippen LogP) is 2.56.